The number of anilines is 2. The predicted octanol–water partition coefficient (Wildman–Crippen LogP) is 5.10. The molecule has 0 atom stereocenters. The Labute approximate surface area is 162 Å². The second-order valence-corrected chi connectivity index (χ2v) is 6.29. The average Bonchev–Trinajstić information content (AvgIpc) is 2.69. The van der Waals surface area contributed by atoms with Gasteiger partial charge in [-0.25, -0.2) is 0 Å². The van der Waals surface area contributed by atoms with Crippen LogP contribution < -0.4 is 20.1 Å². The van der Waals surface area contributed by atoms with Gasteiger partial charge < -0.3 is 20.1 Å². The zero-order valence-corrected chi connectivity index (χ0v) is 16.3. The van der Waals surface area contributed by atoms with Crippen LogP contribution in [0.2, 0.25) is 0 Å². The molecule has 5 heteroatoms. The molecular formula is C22H30N2O3. The van der Waals surface area contributed by atoms with Crippen molar-refractivity contribution in [1.29, 1.82) is 0 Å². The van der Waals surface area contributed by atoms with Gasteiger partial charge in [0, 0.05) is 11.4 Å². The number of hydrogen-bond acceptors (Lipinski definition) is 4. The first-order valence-corrected chi connectivity index (χ1v) is 9.70. The van der Waals surface area contributed by atoms with Crippen molar-refractivity contribution in [3.8, 4) is 11.5 Å². The summed E-state index contributed by atoms with van der Waals surface area (Å²) in [5, 5.41) is 5.97. The molecule has 146 valence electrons. The normalized spacial score (nSPS) is 10.3. The van der Waals surface area contributed by atoms with Gasteiger partial charge in [-0.15, -0.1) is 0 Å². The van der Waals surface area contributed by atoms with E-state index >= 15 is 0 Å². The van der Waals surface area contributed by atoms with E-state index in [2.05, 4.69) is 17.6 Å². The molecule has 2 aromatic carbocycles. The number of ether oxygens (including phenoxy) is 2. The van der Waals surface area contributed by atoms with Crippen LogP contribution in [0.15, 0.2) is 48.5 Å². The molecule has 0 aliphatic heterocycles. The number of amides is 1. The van der Waals surface area contributed by atoms with E-state index < -0.39 is 0 Å². The van der Waals surface area contributed by atoms with E-state index in [4.69, 9.17) is 9.47 Å². The van der Waals surface area contributed by atoms with Crippen molar-refractivity contribution in [3.05, 3.63) is 48.5 Å². The number of carbonyl (C=O) groups is 1. The standard InChI is InChI=1S/C22H30N2O3/c1-3-5-6-7-16-27-21-14-10-19(11-15-21)24-22(25)17-23-18-8-12-20(13-9-18)26-4-2/h8-15,23H,3-7,16-17H2,1-2H3,(H,24,25). The first kappa shape index (κ1) is 20.6. The number of unbranched alkanes of at least 4 members (excludes halogenated alkanes) is 3. The maximum atomic E-state index is 12.1. The van der Waals surface area contributed by atoms with E-state index in [9.17, 15) is 4.79 Å². The minimum Gasteiger partial charge on any atom is -0.494 e. The number of hydrogen-bond donors (Lipinski definition) is 2. The van der Waals surface area contributed by atoms with Crippen molar-refractivity contribution >= 4 is 17.3 Å². The van der Waals surface area contributed by atoms with Gasteiger partial charge in [-0.2, -0.15) is 0 Å². The van der Waals surface area contributed by atoms with Crippen LogP contribution >= 0.6 is 0 Å². The van der Waals surface area contributed by atoms with Crippen LogP contribution in [-0.4, -0.2) is 25.7 Å². The van der Waals surface area contributed by atoms with Crippen molar-refractivity contribution in [2.45, 2.75) is 39.5 Å². The highest BCUT2D eigenvalue weighted by atomic mass is 16.5. The summed E-state index contributed by atoms with van der Waals surface area (Å²) >= 11 is 0. The van der Waals surface area contributed by atoms with Gasteiger partial charge in [0.2, 0.25) is 5.91 Å². The van der Waals surface area contributed by atoms with E-state index in [1.807, 2.05) is 55.5 Å². The molecule has 0 fully saturated rings. The predicted molar refractivity (Wildman–Crippen MR) is 111 cm³/mol. The van der Waals surface area contributed by atoms with E-state index in [1.54, 1.807) is 0 Å². The molecule has 0 aliphatic rings. The fraction of sp³-hybridized carbons (Fsp3) is 0.409. The second kappa shape index (κ2) is 11.8. The molecule has 0 heterocycles. The van der Waals surface area contributed by atoms with E-state index in [1.165, 1.54) is 19.3 Å². The van der Waals surface area contributed by atoms with Crippen molar-refractivity contribution in [1.82, 2.24) is 0 Å². The molecule has 0 spiro atoms. The zero-order valence-electron chi connectivity index (χ0n) is 16.3. The number of carbonyl (C=O) groups excluding carboxylic acids is 1. The molecule has 5 nitrogen and oxygen atoms in total. The molecule has 2 N–H and O–H groups in total. The van der Waals surface area contributed by atoms with Crippen LogP contribution in [0, 0.1) is 0 Å². The van der Waals surface area contributed by atoms with Crippen LogP contribution in [0.5, 0.6) is 11.5 Å². The first-order valence-electron chi connectivity index (χ1n) is 9.70. The van der Waals surface area contributed by atoms with Crippen LogP contribution in [0.3, 0.4) is 0 Å². The quantitative estimate of drug-likeness (QED) is 0.511. The smallest absolute Gasteiger partial charge is 0.243 e. The van der Waals surface area contributed by atoms with Crippen molar-refractivity contribution < 1.29 is 14.3 Å². The lowest BCUT2D eigenvalue weighted by Gasteiger charge is -2.10. The van der Waals surface area contributed by atoms with Crippen LogP contribution in [-0.2, 0) is 4.79 Å². The monoisotopic (exact) mass is 370 g/mol. The molecule has 1 amide bonds. The minimum atomic E-state index is -0.0999. The summed E-state index contributed by atoms with van der Waals surface area (Å²) in [5.41, 5.74) is 1.63. The first-order chi connectivity index (χ1) is 13.2. The Bertz CT molecular complexity index is 669. The van der Waals surface area contributed by atoms with Crippen molar-refractivity contribution in [2.24, 2.45) is 0 Å². The van der Waals surface area contributed by atoms with Gasteiger partial charge in [0.25, 0.3) is 0 Å². The molecule has 0 aromatic heterocycles. The molecule has 0 aliphatic carbocycles. The SMILES string of the molecule is CCCCCCOc1ccc(NC(=O)CNc2ccc(OCC)cc2)cc1. The Morgan fingerprint density at radius 2 is 1.44 bits per heavy atom. The van der Waals surface area contributed by atoms with E-state index in [-0.39, 0.29) is 12.5 Å². The molecule has 0 radical (unpaired) electrons. The van der Waals surface area contributed by atoms with Crippen molar-refractivity contribution in [2.75, 3.05) is 30.4 Å². The highest BCUT2D eigenvalue weighted by Gasteiger charge is 2.03. The van der Waals surface area contributed by atoms with Gasteiger partial charge in [-0.3, -0.25) is 4.79 Å². The van der Waals surface area contributed by atoms with E-state index in [0.717, 1.165) is 35.9 Å². The molecule has 0 saturated carbocycles. The summed E-state index contributed by atoms with van der Waals surface area (Å²) in [6, 6.07) is 15.0. The van der Waals surface area contributed by atoms with Gasteiger partial charge in [0.05, 0.1) is 19.8 Å². The molecule has 0 unspecified atom stereocenters. The van der Waals surface area contributed by atoms with Gasteiger partial charge in [-0.05, 0) is 61.9 Å². The molecule has 2 aromatic rings. The molecular weight excluding hydrogens is 340 g/mol. The van der Waals surface area contributed by atoms with Crippen LogP contribution in [0.25, 0.3) is 0 Å². The Balaban J connectivity index is 1.70. The topological polar surface area (TPSA) is 59.6 Å². The third kappa shape index (κ3) is 8.03. The molecule has 2 rings (SSSR count). The lowest BCUT2D eigenvalue weighted by atomic mass is 10.2. The third-order valence-electron chi connectivity index (χ3n) is 4.02. The third-order valence-corrected chi connectivity index (χ3v) is 4.02. The summed E-state index contributed by atoms with van der Waals surface area (Å²) in [7, 11) is 0. The summed E-state index contributed by atoms with van der Waals surface area (Å²) in [4.78, 5) is 12.1. The van der Waals surface area contributed by atoms with Gasteiger partial charge in [0.15, 0.2) is 0 Å². The van der Waals surface area contributed by atoms with Crippen molar-refractivity contribution in [3.63, 3.8) is 0 Å². The molecule has 0 saturated heterocycles. The lowest BCUT2D eigenvalue weighted by molar-refractivity contribution is -0.114. The largest absolute Gasteiger partial charge is 0.494 e. The highest BCUT2D eigenvalue weighted by molar-refractivity contribution is 5.93. The Hall–Kier alpha value is -2.69. The number of rotatable bonds is 12. The number of benzene rings is 2. The van der Waals surface area contributed by atoms with Crippen LogP contribution in [0.1, 0.15) is 39.5 Å². The second-order valence-electron chi connectivity index (χ2n) is 6.29. The van der Waals surface area contributed by atoms with E-state index in [0.29, 0.717) is 6.61 Å². The average molecular weight is 370 g/mol. The molecule has 0 bridgehead atoms. The summed E-state index contributed by atoms with van der Waals surface area (Å²) in [5.74, 6) is 1.55. The Morgan fingerprint density at radius 3 is 2.07 bits per heavy atom. The maximum Gasteiger partial charge on any atom is 0.243 e. The maximum absolute atomic E-state index is 12.1. The van der Waals surface area contributed by atoms with Crippen LogP contribution in [0.4, 0.5) is 11.4 Å². The highest BCUT2D eigenvalue weighted by Crippen LogP contribution is 2.17. The lowest BCUT2D eigenvalue weighted by Crippen LogP contribution is -2.21. The van der Waals surface area contributed by atoms with Gasteiger partial charge in [-0.1, -0.05) is 26.2 Å². The van der Waals surface area contributed by atoms with Gasteiger partial charge >= 0.3 is 0 Å². The molecule has 27 heavy (non-hydrogen) atoms. The zero-order chi connectivity index (χ0) is 19.3. The number of nitrogens with one attached hydrogen (secondary N) is 2. The summed E-state index contributed by atoms with van der Waals surface area (Å²) < 4.78 is 11.1. The summed E-state index contributed by atoms with van der Waals surface area (Å²) in [6.45, 7) is 5.71. The minimum absolute atomic E-state index is 0.0999. The van der Waals surface area contributed by atoms with Gasteiger partial charge in [0.1, 0.15) is 11.5 Å². The Kier molecular flexibility index (Phi) is 9.04. The fourth-order valence-corrected chi connectivity index (χ4v) is 2.58. The summed E-state index contributed by atoms with van der Waals surface area (Å²) in [6.07, 6.45) is 4.75. The Morgan fingerprint density at radius 1 is 0.815 bits per heavy atom. The fourth-order valence-electron chi connectivity index (χ4n) is 2.58.